The smallest absolute Gasteiger partial charge is 0.272 e. The van der Waals surface area contributed by atoms with Crippen LogP contribution in [0.4, 0.5) is 24.8 Å². The number of fused-ring (bicyclic) bond motifs is 1. The number of hydrogen-bond acceptors (Lipinski definition) is 5. The number of carbonyl (C=O) groups is 1. The van der Waals surface area contributed by atoms with Crippen molar-refractivity contribution in [3.05, 3.63) is 46.2 Å². The minimum atomic E-state index is -2.69. The zero-order valence-electron chi connectivity index (χ0n) is 14.3. The number of benzene rings is 2. The molecule has 10 heteroatoms. The Balaban J connectivity index is 2.03. The number of carbonyl (C=O) groups excluding carboxylic acids is 1. The van der Waals surface area contributed by atoms with E-state index in [9.17, 15) is 18.0 Å². The Bertz CT molecular complexity index is 1110. The second-order valence-corrected chi connectivity index (χ2v) is 6.15. The van der Waals surface area contributed by atoms with E-state index < -0.39 is 18.8 Å². The Morgan fingerprint density at radius 1 is 1.39 bits per heavy atom. The number of aldehydes is 1. The molecule has 0 aliphatic carbocycles. The topological polar surface area (TPSA) is 79.9 Å². The van der Waals surface area contributed by atoms with Crippen molar-refractivity contribution < 1.29 is 22.7 Å². The molecule has 0 saturated carbocycles. The van der Waals surface area contributed by atoms with Gasteiger partial charge in [-0.25, -0.2) is 18.2 Å². The molecule has 3 aromatic rings. The Labute approximate surface area is 162 Å². The summed E-state index contributed by atoms with van der Waals surface area (Å²) in [5.41, 5.74) is 1.02. The summed E-state index contributed by atoms with van der Waals surface area (Å²) in [6.07, 6.45) is -2.20. The number of rotatable bonds is 6. The normalized spacial score (nSPS) is 10.9. The van der Waals surface area contributed by atoms with Crippen molar-refractivity contribution >= 4 is 40.6 Å². The molecule has 0 radical (unpaired) electrons. The van der Waals surface area contributed by atoms with Crippen LogP contribution in [0.15, 0.2) is 24.3 Å². The monoisotopic (exact) mass is 408 g/mol. The van der Waals surface area contributed by atoms with Crippen LogP contribution in [-0.2, 0) is 7.05 Å². The molecule has 1 aromatic heterocycles. The first-order chi connectivity index (χ1) is 13.3. The molecule has 1 heterocycles. The first-order valence-electron chi connectivity index (χ1n) is 7.86. The molecule has 0 bridgehead atoms. The quantitative estimate of drug-likeness (QED) is 0.610. The highest BCUT2D eigenvalue weighted by atomic mass is 35.5. The molecule has 2 aromatic carbocycles. The van der Waals surface area contributed by atoms with Gasteiger partial charge in [-0.2, -0.15) is 5.26 Å². The van der Waals surface area contributed by atoms with Gasteiger partial charge in [0.25, 0.3) is 6.43 Å². The van der Waals surface area contributed by atoms with Crippen LogP contribution in [0.5, 0.6) is 5.75 Å². The first-order valence-corrected chi connectivity index (χ1v) is 8.24. The SMILES string of the molecule is Cn1c(Nc2cc(C#N)c(F)cc2Cl)nc2cc(C=O)c(OCC(F)F)cc21. The summed E-state index contributed by atoms with van der Waals surface area (Å²) in [5, 5.41) is 11.9. The second kappa shape index (κ2) is 7.78. The number of nitrogens with zero attached hydrogens (tertiary/aromatic N) is 3. The van der Waals surface area contributed by atoms with E-state index in [2.05, 4.69) is 10.3 Å². The van der Waals surface area contributed by atoms with Gasteiger partial charge < -0.3 is 14.6 Å². The van der Waals surface area contributed by atoms with Crippen LogP contribution in [0.2, 0.25) is 5.02 Å². The molecule has 0 amide bonds. The fourth-order valence-electron chi connectivity index (χ4n) is 2.57. The summed E-state index contributed by atoms with van der Waals surface area (Å²) in [4.78, 5) is 15.6. The lowest BCUT2D eigenvalue weighted by atomic mass is 10.2. The summed E-state index contributed by atoms with van der Waals surface area (Å²) in [6, 6.07) is 6.79. The van der Waals surface area contributed by atoms with Gasteiger partial charge in [-0.05, 0) is 18.2 Å². The van der Waals surface area contributed by atoms with Crippen LogP contribution in [0, 0.1) is 17.1 Å². The largest absolute Gasteiger partial charge is 0.487 e. The van der Waals surface area contributed by atoms with Crippen LogP contribution >= 0.6 is 11.6 Å². The zero-order chi connectivity index (χ0) is 20.4. The molecule has 0 aliphatic heterocycles. The summed E-state index contributed by atoms with van der Waals surface area (Å²) in [7, 11) is 1.64. The lowest BCUT2D eigenvalue weighted by molar-refractivity contribution is 0.0810. The Kier molecular flexibility index (Phi) is 5.42. The average molecular weight is 409 g/mol. The van der Waals surface area contributed by atoms with Gasteiger partial charge in [0.2, 0.25) is 5.95 Å². The van der Waals surface area contributed by atoms with E-state index in [4.69, 9.17) is 21.6 Å². The van der Waals surface area contributed by atoms with Crippen LogP contribution in [0.25, 0.3) is 11.0 Å². The van der Waals surface area contributed by atoms with Gasteiger partial charge in [0.1, 0.15) is 24.2 Å². The second-order valence-electron chi connectivity index (χ2n) is 5.74. The first kappa shape index (κ1) is 19.5. The minimum Gasteiger partial charge on any atom is -0.487 e. The molecule has 28 heavy (non-hydrogen) atoms. The molecule has 0 saturated heterocycles. The standard InChI is InChI=1S/C18H12ClF3N4O2/c1-26-15-5-16(28-8-17(21)22)10(7-27)3-14(15)25-18(26)24-13-2-9(6-23)12(20)4-11(13)19/h2-5,7,17H,8H2,1H3,(H,24,25). The van der Waals surface area contributed by atoms with Crippen molar-refractivity contribution in [2.24, 2.45) is 7.05 Å². The zero-order valence-corrected chi connectivity index (χ0v) is 15.1. The molecular formula is C18H12ClF3N4O2. The van der Waals surface area contributed by atoms with Crippen molar-refractivity contribution in [2.45, 2.75) is 6.43 Å². The number of alkyl halides is 2. The van der Waals surface area contributed by atoms with Gasteiger partial charge in [-0.3, -0.25) is 4.79 Å². The van der Waals surface area contributed by atoms with E-state index in [1.807, 2.05) is 0 Å². The predicted octanol–water partition coefficient (Wildman–Crippen LogP) is 4.44. The van der Waals surface area contributed by atoms with Crippen molar-refractivity contribution in [3.8, 4) is 11.8 Å². The third kappa shape index (κ3) is 3.73. The number of aromatic nitrogens is 2. The Morgan fingerprint density at radius 2 is 2.14 bits per heavy atom. The number of imidazole rings is 1. The molecule has 1 N–H and O–H groups in total. The van der Waals surface area contributed by atoms with Crippen LogP contribution < -0.4 is 10.1 Å². The molecular weight excluding hydrogens is 397 g/mol. The van der Waals surface area contributed by atoms with Crippen LogP contribution in [0.3, 0.4) is 0 Å². The lowest BCUT2D eigenvalue weighted by Crippen LogP contribution is -2.08. The number of nitrogens with one attached hydrogen (secondary N) is 1. The molecule has 0 unspecified atom stereocenters. The van der Waals surface area contributed by atoms with E-state index in [1.54, 1.807) is 17.7 Å². The number of ether oxygens (including phenoxy) is 1. The summed E-state index contributed by atoms with van der Waals surface area (Å²) in [5.74, 6) is -0.473. The maximum absolute atomic E-state index is 13.6. The van der Waals surface area contributed by atoms with Gasteiger partial charge in [0.15, 0.2) is 6.29 Å². The maximum Gasteiger partial charge on any atom is 0.272 e. The summed E-state index contributed by atoms with van der Waals surface area (Å²) < 4.78 is 45.0. The summed E-state index contributed by atoms with van der Waals surface area (Å²) >= 11 is 6.02. The highest BCUT2D eigenvalue weighted by Crippen LogP contribution is 2.31. The van der Waals surface area contributed by atoms with Crippen molar-refractivity contribution in [1.82, 2.24) is 9.55 Å². The third-order valence-corrected chi connectivity index (χ3v) is 4.24. The maximum atomic E-state index is 13.6. The number of anilines is 2. The Morgan fingerprint density at radius 3 is 2.79 bits per heavy atom. The van der Waals surface area contributed by atoms with E-state index in [-0.39, 0.29) is 33.5 Å². The highest BCUT2D eigenvalue weighted by molar-refractivity contribution is 6.33. The minimum absolute atomic E-state index is 0.00364. The van der Waals surface area contributed by atoms with Crippen molar-refractivity contribution in [1.29, 1.82) is 5.26 Å². The van der Waals surface area contributed by atoms with E-state index in [1.165, 1.54) is 18.2 Å². The van der Waals surface area contributed by atoms with Gasteiger partial charge in [0, 0.05) is 13.1 Å². The van der Waals surface area contributed by atoms with Crippen LogP contribution in [0.1, 0.15) is 15.9 Å². The number of halogens is 4. The summed E-state index contributed by atoms with van der Waals surface area (Å²) in [6.45, 7) is -0.850. The third-order valence-electron chi connectivity index (χ3n) is 3.93. The van der Waals surface area contributed by atoms with Crippen molar-refractivity contribution in [3.63, 3.8) is 0 Å². The lowest BCUT2D eigenvalue weighted by Gasteiger charge is -2.10. The van der Waals surface area contributed by atoms with Gasteiger partial charge in [0.05, 0.1) is 32.9 Å². The highest BCUT2D eigenvalue weighted by Gasteiger charge is 2.16. The molecule has 0 fully saturated rings. The fraction of sp³-hybridized carbons (Fsp3) is 0.167. The molecule has 0 atom stereocenters. The molecule has 0 aliphatic rings. The van der Waals surface area contributed by atoms with E-state index >= 15 is 0 Å². The molecule has 3 rings (SSSR count). The molecule has 6 nitrogen and oxygen atoms in total. The van der Waals surface area contributed by atoms with E-state index in [0.717, 1.165) is 6.07 Å². The van der Waals surface area contributed by atoms with Crippen molar-refractivity contribution in [2.75, 3.05) is 11.9 Å². The number of hydrogen-bond donors (Lipinski definition) is 1. The average Bonchev–Trinajstić information content (AvgIpc) is 2.96. The molecule has 144 valence electrons. The van der Waals surface area contributed by atoms with E-state index in [0.29, 0.717) is 17.3 Å². The fourth-order valence-corrected chi connectivity index (χ4v) is 2.77. The van der Waals surface area contributed by atoms with Crippen LogP contribution in [-0.4, -0.2) is 28.9 Å². The van der Waals surface area contributed by atoms with Gasteiger partial charge in [-0.15, -0.1) is 0 Å². The number of aryl methyl sites for hydroxylation is 1. The van der Waals surface area contributed by atoms with Gasteiger partial charge in [-0.1, -0.05) is 11.6 Å². The van der Waals surface area contributed by atoms with Gasteiger partial charge >= 0.3 is 0 Å². The predicted molar refractivity (Wildman–Crippen MR) is 97.0 cm³/mol. The number of nitriles is 1. The molecule has 0 spiro atoms. The Hall–Kier alpha value is -3.25.